The first kappa shape index (κ1) is 13.4. The summed E-state index contributed by atoms with van der Waals surface area (Å²) in [6.07, 6.45) is 0. The smallest absolute Gasteiger partial charge is 0.116 e. The number of nitrogens with zero attached hydrogens (tertiary/aromatic N) is 1. The highest BCUT2D eigenvalue weighted by Gasteiger charge is 2.21. The van der Waals surface area contributed by atoms with Crippen LogP contribution >= 0.6 is 0 Å². The molecule has 106 valence electrons. The van der Waals surface area contributed by atoms with Crippen LogP contribution in [0, 0.1) is 0 Å². The number of hydrogen-bond donors (Lipinski definition) is 3. The Hall–Kier alpha value is -1.62. The lowest BCUT2D eigenvalue weighted by molar-refractivity contribution is 0.111. The maximum absolute atomic E-state index is 9.75. The predicted molar refractivity (Wildman–Crippen MR) is 79.9 cm³/mol. The maximum atomic E-state index is 9.75. The van der Waals surface area contributed by atoms with Crippen LogP contribution < -0.4 is 5.32 Å². The Morgan fingerprint density at radius 2 is 1.75 bits per heavy atom. The van der Waals surface area contributed by atoms with E-state index < -0.39 is 0 Å². The van der Waals surface area contributed by atoms with Crippen molar-refractivity contribution in [1.82, 2.24) is 10.2 Å². The van der Waals surface area contributed by atoms with E-state index in [1.165, 1.54) is 0 Å². The minimum Gasteiger partial charge on any atom is -0.508 e. The van der Waals surface area contributed by atoms with Gasteiger partial charge in [-0.15, -0.1) is 0 Å². The largest absolute Gasteiger partial charge is 0.508 e. The van der Waals surface area contributed by atoms with E-state index in [1.807, 2.05) is 18.2 Å². The van der Waals surface area contributed by atoms with Gasteiger partial charge in [0, 0.05) is 26.2 Å². The van der Waals surface area contributed by atoms with E-state index in [0.29, 0.717) is 0 Å². The number of fused-ring (bicyclic) bond motifs is 1. The van der Waals surface area contributed by atoms with Gasteiger partial charge in [-0.05, 0) is 34.5 Å². The number of piperazine rings is 1. The van der Waals surface area contributed by atoms with Gasteiger partial charge < -0.3 is 15.5 Å². The fourth-order valence-electron chi connectivity index (χ4n) is 2.88. The van der Waals surface area contributed by atoms with E-state index in [0.717, 1.165) is 42.5 Å². The summed E-state index contributed by atoms with van der Waals surface area (Å²) in [5.74, 6) is 0.283. The molecule has 20 heavy (non-hydrogen) atoms. The second-order valence-corrected chi connectivity index (χ2v) is 5.28. The fraction of sp³-hybridized carbons (Fsp3) is 0.375. The molecule has 0 spiro atoms. The molecule has 1 heterocycles. The first-order valence-corrected chi connectivity index (χ1v) is 7.06. The normalized spacial score (nSPS) is 18.2. The Morgan fingerprint density at radius 1 is 1.05 bits per heavy atom. The van der Waals surface area contributed by atoms with Gasteiger partial charge in [0.05, 0.1) is 12.6 Å². The number of rotatable bonds is 3. The van der Waals surface area contributed by atoms with Crippen molar-refractivity contribution in [2.45, 2.75) is 6.04 Å². The lowest BCUT2D eigenvalue weighted by Crippen LogP contribution is -2.46. The molecule has 0 radical (unpaired) electrons. The second-order valence-electron chi connectivity index (χ2n) is 5.28. The summed E-state index contributed by atoms with van der Waals surface area (Å²) in [4.78, 5) is 2.32. The first-order chi connectivity index (χ1) is 9.78. The van der Waals surface area contributed by atoms with E-state index in [2.05, 4.69) is 16.3 Å². The standard InChI is InChI=1S/C16H20N2O2/c19-11-16(18-7-5-17-6-8-18)14-2-1-13-10-15(20)4-3-12(13)9-14/h1-4,9-10,16-17,19-20H,5-8,11H2/t16-/m0/s1. The molecule has 0 saturated carbocycles. The van der Waals surface area contributed by atoms with E-state index in [1.54, 1.807) is 12.1 Å². The molecule has 0 aliphatic carbocycles. The zero-order valence-corrected chi connectivity index (χ0v) is 11.4. The minimum absolute atomic E-state index is 0.0512. The predicted octanol–water partition coefficient (Wildman–Crippen LogP) is 1.48. The molecule has 3 N–H and O–H groups in total. The van der Waals surface area contributed by atoms with Crippen LogP contribution in [-0.4, -0.2) is 47.9 Å². The van der Waals surface area contributed by atoms with Gasteiger partial charge in [0.1, 0.15) is 5.75 Å². The number of nitrogens with one attached hydrogen (secondary N) is 1. The number of phenols is 1. The number of aromatic hydroxyl groups is 1. The molecule has 0 bridgehead atoms. The van der Waals surface area contributed by atoms with E-state index in [-0.39, 0.29) is 18.4 Å². The van der Waals surface area contributed by atoms with Crippen LogP contribution in [0.15, 0.2) is 36.4 Å². The summed E-state index contributed by atoms with van der Waals surface area (Å²) in [6, 6.07) is 11.6. The van der Waals surface area contributed by atoms with Crippen molar-refractivity contribution in [2.24, 2.45) is 0 Å². The molecule has 1 saturated heterocycles. The Labute approximate surface area is 118 Å². The molecule has 1 aliphatic rings. The van der Waals surface area contributed by atoms with Crippen molar-refractivity contribution in [1.29, 1.82) is 0 Å². The topological polar surface area (TPSA) is 55.7 Å². The van der Waals surface area contributed by atoms with Crippen LogP contribution in [0.2, 0.25) is 0 Å². The number of aliphatic hydroxyl groups is 1. The Bertz CT molecular complexity index is 594. The molecule has 1 fully saturated rings. The summed E-state index contributed by atoms with van der Waals surface area (Å²) in [6.45, 7) is 3.98. The van der Waals surface area contributed by atoms with Crippen molar-refractivity contribution in [3.8, 4) is 5.75 Å². The van der Waals surface area contributed by atoms with Crippen LogP contribution in [0.5, 0.6) is 5.75 Å². The van der Waals surface area contributed by atoms with Gasteiger partial charge in [-0.25, -0.2) is 0 Å². The summed E-state index contributed by atoms with van der Waals surface area (Å²) < 4.78 is 0. The molecule has 4 heteroatoms. The van der Waals surface area contributed by atoms with Crippen molar-refractivity contribution in [3.05, 3.63) is 42.0 Å². The summed E-state index contributed by atoms with van der Waals surface area (Å²) >= 11 is 0. The maximum Gasteiger partial charge on any atom is 0.116 e. The van der Waals surface area contributed by atoms with E-state index in [4.69, 9.17) is 0 Å². The molecular formula is C16H20N2O2. The van der Waals surface area contributed by atoms with Gasteiger partial charge in [0.2, 0.25) is 0 Å². The van der Waals surface area contributed by atoms with Gasteiger partial charge in [0.25, 0.3) is 0 Å². The number of hydrogen-bond acceptors (Lipinski definition) is 4. The molecule has 3 rings (SSSR count). The van der Waals surface area contributed by atoms with Crippen molar-refractivity contribution >= 4 is 10.8 Å². The average Bonchev–Trinajstić information content (AvgIpc) is 2.49. The van der Waals surface area contributed by atoms with Gasteiger partial charge in [-0.3, -0.25) is 4.90 Å². The van der Waals surface area contributed by atoms with Crippen LogP contribution in [-0.2, 0) is 0 Å². The molecule has 0 unspecified atom stereocenters. The third-order valence-corrected chi connectivity index (χ3v) is 4.00. The van der Waals surface area contributed by atoms with E-state index in [9.17, 15) is 10.2 Å². The highest BCUT2D eigenvalue weighted by atomic mass is 16.3. The molecular weight excluding hydrogens is 252 g/mol. The van der Waals surface area contributed by atoms with Crippen molar-refractivity contribution < 1.29 is 10.2 Å². The van der Waals surface area contributed by atoms with Gasteiger partial charge in [0.15, 0.2) is 0 Å². The van der Waals surface area contributed by atoms with Gasteiger partial charge in [-0.1, -0.05) is 18.2 Å². The molecule has 0 aromatic heterocycles. The van der Waals surface area contributed by atoms with E-state index >= 15 is 0 Å². The molecule has 2 aromatic rings. The summed E-state index contributed by atoms with van der Waals surface area (Å²) in [5, 5.41) is 24.7. The summed E-state index contributed by atoms with van der Waals surface area (Å²) in [5.41, 5.74) is 1.13. The van der Waals surface area contributed by atoms with Crippen LogP contribution in [0.3, 0.4) is 0 Å². The van der Waals surface area contributed by atoms with Crippen molar-refractivity contribution in [2.75, 3.05) is 32.8 Å². The average molecular weight is 272 g/mol. The second kappa shape index (κ2) is 5.79. The monoisotopic (exact) mass is 272 g/mol. The first-order valence-electron chi connectivity index (χ1n) is 7.06. The lowest BCUT2D eigenvalue weighted by atomic mass is 10.0. The Kier molecular flexibility index (Phi) is 3.87. The van der Waals surface area contributed by atoms with Gasteiger partial charge >= 0.3 is 0 Å². The fourth-order valence-corrected chi connectivity index (χ4v) is 2.88. The zero-order chi connectivity index (χ0) is 13.9. The number of phenolic OH excluding ortho intramolecular Hbond substituents is 1. The van der Waals surface area contributed by atoms with Crippen LogP contribution in [0.25, 0.3) is 10.8 Å². The van der Waals surface area contributed by atoms with Crippen molar-refractivity contribution in [3.63, 3.8) is 0 Å². The molecule has 0 amide bonds. The van der Waals surface area contributed by atoms with Crippen LogP contribution in [0.1, 0.15) is 11.6 Å². The number of aliphatic hydroxyl groups excluding tert-OH is 1. The SMILES string of the molecule is OC[C@@H](c1ccc2cc(O)ccc2c1)N1CCNCC1. The molecule has 4 nitrogen and oxygen atoms in total. The van der Waals surface area contributed by atoms with Crippen LogP contribution in [0.4, 0.5) is 0 Å². The number of benzene rings is 2. The molecule has 1 aliphatic heterocycles. The summed E-state index contributed by atoms with van der Waals surface area (Å²) in [7, 11) is 0. The minimum atomic E-state index is 0.0512. The lowest BCUT2D eigenvalue weighted by Gasteiger charge is -2.34. The Morgan fingerprint density at radius 3 is 2.50 bits per heavy atom. The quantitative estimate of drug-likeness (QED) is 0.792. The Balaban J connectivity index is 1.92. The third kappa shape index (κ3) is 2.63. The highest BCUT2D eigenvalue weighted by molar-refractivity contribution is 5.84. The highest BCUT2D eigenvalue weighted by Crippen LogP contribution is 2.26. The third-order valence-electron chi connectivity index (χ3n) is 4.00. The molecule has 2 aromatic carbocycles. The van der Waals surface area contributed by atoms with Gasteiger partial charge in [-0.2, -0.15) is 0 Å². The zero-order valence-electron chi connectivity index (χ0n) is 11.4. The molecule has 1 atom stereocenters.